The van der Waals surface area contributed by atoms with Gasteiger partial charge < -0.3 is 5.32 Å². The fourth-order valence-corrected chi connectivity index (χ4v) is 1.59. The van der Waals surface area contributed by atoms with E-state index in [-0.39, 0.29) is 11.1 Å². The van der Waals surface area contributed by atoms with Crippen molar-refractivity contribution in [3.63, 3.8) is 0 Å². The zero-order valence-electron chi connectivity index (χ0n) is 9.24. The van der Waals surface area contributed by atoms with Crippen LogP contribution in [-0.4, -0.2) is 9.97 Å². The lowest BCUT2D eigenvalue weighted by Crippen LogP contribution is -2.05. The first kappa shape index (κ1) is 11.8. The van der Waals surface area contributed by atoms with Crippen molar-refractivity contribution < 1.29 is 4.39 Å². The average Bonchev–Trinajstić information content (AvgIpc) is 2.32. The molecule has 0 radical (unpaired) electrons. The van der Waals surface area contributed by atoms with E-state index < -0.39 is 5.82 Å². The van der Waals surface area contributed by atoms with Crippen LogP contribution in [0.4, 0.5) is 10.2 Å². The van der Waals surface area contributed by atoms with Gasteiger partial charge in [0.15, 0.2) is 11.6 Å². The Labute approximate surface area is 104 Å². The summed E-state index contributed by atoms with van der Waals surface area (Å²) in [7, 11) is 0. The zero-order chi connectivity index (χ0) is 12.3. The Hall–Kier alpha value is -1.68. The van der Waals surface area contributed by atoms with Crippen molar-refractivity contribution in [2.24, 2.45) is 0 Å². The SMILES string of the molecule is Cc1ccccc1CNc1nc(Cl)ncc1F. The van der Waals surface area contributed by atoms with Crippen LogP contribution >= 0.6 is 11.6 Å². The molecule has 0 saturated carbocycles. The molecule has 0 bridgehead atoms. The van der Waals surface area contributed by atoms with Gasteiger partial charge in [-0.3, -0.25) is 0 Å². The second-order valence-electron chi connectivity index (χ2n) is 3.62. The Kier molecular flexibility index (Phi) is 3.54. The third-order valence-electron chi connectivity index (χ3n) is 2.42. The molecule has 88 valence electrons. The number of benzene rings is 1. The molecule has 0 aliphatic carbocycles. The number of aryl methyl sites for hydroxylation is 1. The van der Waals surface area contributed by atoms with Crippen LogP contribution in [-0.2, 0) is 6.54 Å². The highest BCUT2D eigenvalue weighted by atomic mass is 35.5. The highest BCUT2D eigenvalue weighted by Gasteiger charge is 2.05. The fraction of sp³-hybridized carbons (Fsp3) is 0.167. The van der Waals surface area contributed by atoms with Crippen molar-refractivity contribution in [1.82, 2.24) is 9.97 Å². The number of hydrogen-bond donors (Lipinski definition) is 1. The van der Waals surface area contributed by atoms with Crippen LogP contribution < -0.4 is 5.32 Å². The minimum absolute atomic E-state index is 0.0266. The molecule has 0 atom stereocenters. The Bertz CT molecular complexity index is 531. The van der Waals surface area contributed by atoms with Crippen LogP contribution in [0.5, 0.6) is 0 Å². The normalized spacial score (nSPS) is 10.3. The van der Waals surface area contributed by atoms with Crippen LogP contribution in [0.2, 0.25) is 5.28 Å². The largest absolute Gasteiger partial charge is 0.363 e. The van der Waals surface area contributed by atoms with Crippen molar-refractivity contribution in [1.29, 1.82) is 0 Å². The summed E-state index contributed by atoms with van der Waals surface area (Å²) in [5.41, 5.74) is 2.22. The smallest absolute Gasteiger partial charge is 0.224 e. The summed E-state index contributed by atoms with van der Waals surface area (Å²) in [6, 6.07) is 7.87. The van der Waals surface area contributed by atoms with Crippen LogP contribution in [0, 0.1) is 12.7 Å². The molecule has 0 aliphatic heterocycles. The molecule has 0 unspecified atom stereocenters. The monoisotopic (exact) mass is 251 g/mol. The number of rotatable bonds is 3. The number of aromatic nitrogens is 2. The Morgan fingerprint density at radius 3 is 2.88 bits per heavy atom. The number of nitrogens with zero attached hydrogens (tertiary/aromatic N) is 2. The minimum Gasteiger partial charge on any atom is -0.363 e. The molecule has 5 heteroatoms. The van der Waals surface area contributed by atoms with Crippen molar-refractivity contribution in [2.45, 2.75) is 13.5 Å². The highest BCUT2D eigenvalue weighted by Crippen LogP contribution is 2.14. The molecule has 17 heavy (non-hydrogen) atoms. The molecule has 0 spiro atoms. The fourth-order valence-electron chi connectivity index (χ4n) is 1.46. The molecule has 1 aromatic carbocycles. The summed E-state index contributed by atoms with van der Waals surface area (Å²) < 4.78 is 13.3. The van der Waals surface area contributed by atoms with E-state index in [1.54, 1.807) is 0 Å². The number of hydrogen-bond acceptors (Lipinski definition) is 3. The summed E-state index contributed by atoms with van der Waals surface area (Å²) in [5, 5.41) is 2.93. The molecule has 2 aromatic rings. The van der Waals surface area contributed by atoms with Gasteiger partial charge in [0, 0.05) is 6.54 Å². The van der Waals surface area contributed by atoms with E-state index >= 15 is 0 Å². The predicted molar refractivity (Wildman–Crippen MR) is 65.5 cm³/mol. The van der Waals surface area contributed by atoms with Crippen LogP contribution in [0.3, 0.4) is 0 Å². The molecule has 3 nitrogen and oxygen atoms in total. The molecule has 0 fully saturated rings. The molecule has 2 rings (SSSR count). The van der Waals surface area contributed by atoms with Gasteiger partial charge in [-0.25, -0.2) is 9.37 Å². The van der Waals surface area contributed by atoms with Gasteiger partial charge >= 0.3 is 0 Å². The van der Waals surface area contributed by atoms with Gasteiger partial charge in [-0.05, 0) is 29.7 Å². The molecule has 0 saturated heterocycles. The maximum atomic E-state index is 13.3. The van der Waals surface area contributed by atoms with Gasteiger partial charge in [0.2, 0.25) is 5.28 Å². The molecular formula is C12H11ClFN3. The standard InChI is InChI=1S/C12H11ClFN3/c1-8-4-2-3-5-9(8)6-15-11-10(14)7-16-12(13)17-11/h2-5,7H,6H2,1H3,(H,15,16,17). The van der Waals surface area contributed by atoms with Crippen molar-refractivity contribution in [3.8, 4) is 0 Å². The van der Waals surface area contributed by atoms with Gasteiger partial charge in [-0.2, -0.15) is 4.98 Å². The molecule has 0 aliphatic rings. The molecule has 0 amide bonds. The molecular weight excluding hydrogens is 241 g/mol. The third kappa shape index (κ3) is 2.91. The first-order valence-corrected chi connectivity index (χ1v) is 5.51. The number of nitrogens with one attached hydrogen (secondary N) is 1. The summed E-state index contributed by atoms with van der Waals surface area (Å²) in [5.74, 6) is -0.392. The maximum absolute atomic E-state index is 13.3. The summed E-state index contributed by atoms with van der Waals surface area (Å²) in [4.78, 5) is 7.34. The van der Waals surface area contributed by atoms with E-state index in [0.717, 1.165) is 17.3 Å². The lowest BCUT2D eigenvalue weighted by molar-refractivity contribution is 0.616. The van der Waals surface area contributed by atoms with E-state index in [0.29, 0.717) is 6.54 Å². The third-order valence-corrected chi connectivity index (χ3v) is 2.60. The van der Waals surface area contributed by atoms with Gasteiger partial charge in [-0.15, -0.1) is 0 Å². The Morgan fingerprint density at radius 1 is 1.35 bits per heavy atom. The van der Waals surface area contributed by atoms with E-state index in [9.17, 15) is 4.39 Å². The molecule has 1 N–H and O–H groups in total. The Balaban J connectivity index is 2.12. The molecule has 1 aromatic heterocycles. The average molecular weight is 252 g/mol. The van der Waals surface area contributed by atoms with Crippen molar-refractivity contribution in [3.05, 3.63) is 52.7 Å². The summed E-state index contributed by atoms with van der Waals surface area (Å²) in [6.45, 7) is 2.50. The summed E-state index contributed by atoms with van der Waals surface area (Å²) >= 11 is 5.60. The maximum Gasteiger partial charge on any atom is 0.224 e. The topological polar surface area (TPSA) is 37.8 Å². The quantitative estimate of drug-likeness (QED) is 0.852. The zero-order valence-corrected chi connectivity index (χ0v) is 10.0. The second-order valence-corrected chi connectivity index (χ2v) is 3.95. The van der Waals surface area contributed by atoms with E-state index in [1.165, 1.54) is 0 Å². The first-order valence-electron chi connectivity index (χ1n) is 5.13. The predicted octanol–water partition coefficient (Wildman–Crippen LogP) is 3.19. The lowest BCUT2D eigenvalue weighted by Gasteiger charge is -2.08. The van der Waals surface area contributed by atoms with Crippen molar-refractivity contribution >= 4 is 17.4 Å². The number of halogens is 2. The Morgan fingerprint density at radius 2 is 2.12 bits per heavy atom. The van der Waals surface area contributed by atoms with Crippen LogP contribution in [0.15, 0.2) is 30.5 Å². The van der Waals surface area contributed by atoms with Gasteiger partial charge in [0.05, 0.1) is 6.20 Å². The summed E-state index contributed by atoms with van der Waals surface area (Å²) in [6.07, 6.45) is 1.05. The van der Waals surface area contributed by atoms with Gasteiger partial charge in [0.25, 0.3) is 0 Å². The van der Waals surface area contributed by atoms with Gasteiger partial charge in [-0.1, -0.05) is 24.3 Å². The highest BCUT2D eigenvalue weighted by molar-refractivity contribution is 6.28. The first-order chi connectivity index (χ1) is 8.16. The van der Waals surface area contributed by atoms with Crippen LogP contribution in [0.1, 0.15) is 11.1 Å². The van der Waals surface area contributed by atoms with Gasteiger partial charge in [0.1, 0.15) is 0 Å². The van der Waals surface area contributed by atoms with Crippen molar-refractivity contribution in [2.75, 3.05) is 5.32 Å². The van der Waals surface area contributed by atoms with E-state index in [2.05, 4.69) is 15.3 Å². The number of anilines is 1. The lowest BCUT2D eigenvalue weighted by atomic mass is 10.1. The second kappa shape index (κ2) is 5.10. The minimum atomic E-state index is -0.511. The van der Waals surface area contributed by atoms with E-state index in [1.807, 2.05) is 31.2 Å². The van der Waals surface area contributed by atoms with Crippen LogP contribution in [0.25, 0.3) is 0 Å². The molecule has 1 heterocycles. The van der Waals surface area contributed by atoms with E-state index in [4.69, 9.17) is 11.6 Å².